The summed E-state index contributed by atoms with van der Waals surface area (Å²) < 4.78 is 15.6. The second-order valence-electron chi connectivity index (χ2n) is 4.93. The summed E-state index contributed by atoms with van der Waals surface area (Å²) in [5, 5.41) is 0. The Kier molecular flexibility index (Phi) is 5.04. The van der Waals surface area contributed by atoms with Crippen molar-refractivity contribution in [3.05, 3.63) is 53.6 Å². The molecule has 0 saturated carbocycles. The molecule has 0 amide bonds. The lowest BCUT2D eigenvalue weighted by molar-refractivity contribution is 0.0963. The maximum Gasteiger partial charge on any atom is 0.173 e. The van der Waals surface area contributed by atoms with E-state index in [9.17, 15) is 4.79 Å². The molecule has 0 bridgehead atoms. The molecule has 1 atom stereocenters. The number of methoxy groups -OCH3 is 3. The minimum Gasteiger partial charge on any atom is -0.497 e. The van der Waals surface area contributed by atoms with Crippen molar-refractivity contribution in [2.24, 2.45) is 0 Å². The standard InChI is InChI=1S/C18H20O4/c1-12(13-5-7-14(20-2)8-6-13)18(19)16-10-9-15(21-3)11-17(16)22-4/h5-12H,1-4H3/t12-/m0/s1. The summed E-state index contributed by atoms with van der Waals surface area (Å²) in [6.07, 6.45) is 0. The van der Waals surface area contributed by atoms with Gasteiger partial charge in [-0.15, -0.1) is 0 Å². The van der Waals surface area contributed by atoms with Crippen molar-refractivity contribution in [2.75, 3.05) is 21.3 Å². The summed E-state index contributed by atoms with van der Waals surface area (Å²) >= 11 is 0. The number of ketones is 1. The van der Waals surface area contributed by atoms with Crippen LogP contribution in [0.2, 0.25) is 0 Å². The minimum atomic E-state index is -0.270. The number of carbonyl (C=O) groups is 1. The van der Waals surface area contributed by atoms with E-state index in [1.165, 1.54) is 0 Å². The smallest absolute Gasteiger partial charge is 0.173 e. The van der Waals surface area contributed by atoms with Gasteiger partial charge >= 0.3 is 0 Å². The van der Waals surface area contributed by atoms with E-state index in [1.807, 2.05) is 31.2 Å². The van der Waals surface area contributed by atoms with Gasteiger partial charge in [0.1, 0.15) is 17.2 Å². The van der Waals surface area contributed by atoms with Crippen LogP contribution in [0.25, 0.3) is 0 Å². The molecule has 22 heavy (non-hydrogen) atoms. The van der Waals surface area contributed by atoms with Crippen LogP contribution in [0, 0.1) is 0 Å². The fourth-order valence-corrected chi connectivity index (χ4v) is 2.28. The van der Waals surface area contributed by atoms with E-state index in [0.29, 0.717) is 17.1 Å². The van der Waals surface area contributed by atoms with Crippen molar-refractivity contribution in [1.29, 1.82) is 0 Å². The largest absolute Gasteiger partial charge is 0.497 e. The third-order valence-corrected chi connectivity index (χ3v) is 3.68. The lowest BCUT2D eigenvalue weighted by Gasteiger charge is -2.15. The zero-order chi connectivity index (χ0) is 16.1. The van der Waals surface area contributed by atoms with Crippen molar-refractivity contribution in [3.8, 4) is 17.2 Å². The number of hydrogen-bond acceptors (Lipinski definition) is 4. The molecule has 0 fully saturated rings. The fraction of sp³-hybridized carbons (Fsp3) is 0.278. The van der Waals surface area contributed by atoms with Crippen LogP contribution in [0.3, 0.4) is 0 Å². The molecule has 4 heteroatoms. The van der Waals surface area contributed by atoms with Gasteiger partial charge in [0.25, 0.3) is 0 Å². The van der Waals surface area contributed by atoms with Crippen LogP contribution in [0.15, 0.2) is 42.5 Å². The van der Waals surface area contributed by atoms with Crippen LogP contribution in [-0.4, -0.2) is 27.1 Å². The number of rotatable bonds is 6. The summed E-state index contributed by atoms with van der Waals surface area (Å²) in [7, 11) is 4.74. The van der Waals surface area contributed by atoms with Gasteiger partial charge in [-0.05, 0) is 29.8 Å². The van der Waals surface area contributed by atoms with E-state index >= 15 is 0 Å². The molecule has 4 nitrogen and oxygen atoms in total. The lowest BCUT2D eigenvalue weighted by Crippen LogP contribution is -2.11. The summed E-state index contributed by atoms with van der Waals surface area (Å²) in [4.78, 5) is 12.7. The van der Waals surface area contributed by atoms with Crippen LogP contribution >= 0.6 is 0 Å². The minimum absolute atomic E-state index is 0.00432. The van der Waals surface area contributed by atoms with E-state index in [0.717, 1.165) is 11.3 Å². The fourth-order valence-electron chi connectivity index (χ4n) is 2.28. The number of Topliss-reactive ketones (excluding diaryl/α,β-unsaturated/α-hetero) is 1. The number of carbonyl (C=O) groups excluding carboxylic acids is 1. The molecule has 0 aliphatic carbocycles. The molecule has 0 spiro atoms. The summed E-state index contributed by atoms with van der Waals surface area (Å²) in [5.41, 5.74) is 1.48. The predicted octanol–water partition coefficient (Wildman–Crippen LogP) is 3.70. The first-order chi connectivity index (χ1) is 10.6. The highest BCUT2D eigenvalue weighted by atomic mass is 16.5. The highest BCUT2D eigenvalue weighted by Gasteiger charge is 2.21. The molecule has 0 aliphatic rings. The third kappa shape index (κ3) is 3.22. The van der Waals surface area contributed by atoms with Crippen molar-refractivity contribution in [3.63, 3.8) is 0 Å². The molecule has 0 heterocycles. The Labute approximate surface area is 130 Å². The van der Waals surface area contributed by atoms with E-state index < -0.39 is 0 Å². The van der Waals surface area contributed by atoms with E-state index in [1.54, 1.807) is 39.5 Å². The molecule has 2 aromatic carbocycles. The Hall–Kier alpha value is -2.49. The molecule has 2 rings (SSSR count). The number of ether oxygens (including phenoxy) is 3. The van der Waals surface area contributed by atoms with E-state index in [2.05, 4.69) is 0 Å². The topological polar surface area (TPSA) is 44.8 Å². The Bertz CT molecular complexity index is 647. The van der Waals surface area contributed by atoms with Gasteiger partial charge in [-0.25, -0.2) is 0 Å². The lowest BCUT2D eigenvalue weighted by atomic mass is 9.92. The molecule has 116 valence electrons. The molecule has 0 aliphatic heterocycles. The van der Waals surface area contributed by atoms with Gasteiger partial charge in [0.15, 0.2) is 5.78 Å². The quantitative estimate of drug-likeness (QED) is 0.763. The van der Waals surface area contributed by atoms with Gasteiger partial charge < -0.3 is 14.2 Å². The van der Waals surface area contributed by atoms with Crippen LogP contribution in [-0.2, 0) is 0 Å². The molecule has 0 saturated heterocycles. The van der Waals surface area contributed by atoms with Crippen LogP contribution in [0.4, 0.5) is 0 Å². The summed E-state index contributed by atoms with van der Waals surface area (Å²) in [5.74, 6) is 1.68. The average molecular weight is 300 g/mol. The Morgan fingerprint density at radius 2 is 1.45 bits per heavy atom. The summed E-state index contributed by atoms with van der Waals surface area (Å²) in [6, 6.07) is 12.7. The van der Waals surface area contributed by atoms with Gasteiger partial charge in [-0.1, -0.05) is 19.1 Å². The zero-order valence-electron chi connectivity index (χ0n) is 13.3. The van der Waals surface area contributed by atoms with Gasteiger partial charge in [-0.2, -0.15) is 0 Å². The van der Waals surface area contributed by atoms with Crippen molar-refractivity contribution >= 4 is 5.78 Å². The second kappa shape index (κ2) is 6.98. The van der Waals surface area contributed by atoms with Gasteiger partial charge in [0, 0.05) is 12.0 Å². The molecule has 0 radical (unpaired) electrons. The van der Waals surface area contributed by atoms with E-state index in [-0.39, 0.29) is 11.7 Å². The number of hydrogen-bond donors (Lipinski definition) is 0. The van der Waals surface area contributed by atoms with Crippen LogP contribution in [0.5, 0.6) is 17.2 Å². The van der Waals surface area contributed by atoms with Gasteiger partial charge in [0.05, 0.1) is 26.9 Å². The Morgan fingerprint density at radius 3 is 2.00 bits per heavy atom. The van der Waals surface area contributed by atoms with Crippen LogP contribution < -0.4 is 14.2 Å². The molecule has 0 unspecified atom stereocenters. The van der Waals surface area contributed by atoms with Gasteiger partial charge in [0.2, 0.25) is 0 Å². The molecule has 2 aromatic rings. The second-order valence-corrected chi connectivity index (χ2v) is 4.93. The zero-order valence-corrected chi connectivity index (χ0v) is 13.3. The molecule has 0 N–H and O–H groups in total. The first kappa shape index (κ1) is 15.9. The van der Waals surface area contributed by atoms with Crippen molar-refractivity contribution in [1.82, 2.24) is 0 Å². The molecular formula is C18H20O4. The van der Waals surface area contributed by atoms with Crippen molar-refractivity contribution in [2.45, 2.75) is 12.8 Å². The highest BCUT2D eigenvalue weighted by Crippen LogP contribution is 2.30. The SMILES string of the molecule is COc1ccc([C@H](C)C(=O)c2ccc(OC)cc2OC)cc1. The highest BCUT2D eigenvalue weighted by molar-refractivity contribution is 6.03. The maximum absolute atomic E-state index is 12.7. The van der Waals surface area contributed by atoms with Gasteiger partial charge in [-0.3, -0.25) is 4.79 Å². The predicted molar refractivity (Wildman–Crippen MR) is 85.3 cm³/mol. The van der Waals surface area contributed by atoms with E-state index in [4.69, 9.17) is 14.2 Å². The molecule has 0 aromatic heterocycles. The first-order valence-electron chi connectivity index (χ1n) is 7.01. The number of benzene rings is 2. The Morgan fingerprint density at radius 1 is 0.864 bits per heavy atom. The maximum atomic E-state index is 12.7. The van der Waals surface area contributed by atoms with Crippen molar-refractivity contribution < 1.29 is 19.0 Å². The Balaban J connectivity index is 2.29. The third-order valence-electron chi connectivity index (χ3n) is 3.68. The first-order valence-corrected chi connectivity index (χ1v) is 7.01. The monoisotopic (exact) mass is 300 g/mol. The molecular weight excluding hydrogens is 280 g/mol. The average Bonchev–Trinajstić information content (AvgIpc) is 2.59. The summed E-state index contributed by atoms with van der Waals surface area (Å²) in [6.45, 7) is 1.88. The normalized spacial score (nSPS) is 11.6. The van der Waals surface area contributed by atoms with Crippen LogP contribution in [0.1, 0.15) is 28.8 Å².